The summed E-state index contributed by atoms with van der Waals surface area (Å²) >= 11 is 0. The van der Waals surface area contributed by atoms with Crippen LogP contribution in [-0.4, -0.2) is 12.2 Å². The van der Waals surface area contributed by atoms with Gasteiger partial charge in [-0.05, 0) is 6.42 Å². The molecule has 0 heterocycles. The molecule has 0 bridgehead atoms. The van der Waals surface area contributed by atoms with Crippen LogP contribution in [0.4, 0.5) is 0 Å². The molecule has 0 saturated heterocycles. The summed E-state index contributed by atoms with van der Waals surface area (Å²) < 4.78 is 4.57. The monoisotopic (exact) mass is 209 g/mol. The fraction of sp³-hybridized carbons (Fsp3) is 0.500. The van der Waals surface area contributed by atoms with Crippen LogP contribution in [0.2, 0.25) is 0 Å². The highest BCUT2D eigenvalue weighted by atomic mass is 79.9. The van der Waals surface area contributed by atoms with Gasteiger partial charge in [0.15, 0.2) is 6.23 Å². The summed E-state index contributed by atoms with van der Waals surface area (Å²) in [6, 6.07) is 0. The zero-order valence-electron chi connectivity index (χ0n) is 5.87. The van der Waals surface area contributed by atoms with E-state index in [4.69, 9.17) is 5.73 Å². The van der Waals surface area contributed by atoms with Gasteiger partial charge in [0.1, 0.15) is 0 Å². The van der Waals surface area contributed by atoms with Gasteiger partial charge in [-0.15, -0.1) is 17.0 Å². The van der Waals surface area contributed by atoms with Gasteiger partial charge < -0.3 is 4.74 Å². The topological polar surface area (TPSA) is 52.3 Å². The molecule has 4 heteroatoms. The van der Waals surface area contributed by atoms with Crippen molar-refractivity contribution >= 4 is 23.0 Å². The molecule has 0 aliphatic carbocycles. The molecule has 0 fully saturated rings. The maximum absolute atomic E-state index is 10.4. The highest BCUT2D eigenvalue weighted by molar-refractivity contribution is 8.93. The summed E-state index contributed by atoms with van der Waals surface area (Å²) in [6.45, 7) is 5.05. The first kappa shape index (κ1) is 12.3. The van der Waals surface area contributed by atoms with Crippen molar-refractivity contribution in [3.05, 3.63) is 12.7 Å². The molecule has 0 aliphatic heterocycles. The maximum Gasteiger partial charge on any atom is 0.331 e. The number of hydrogen-bond donors (Lipinski definition) is 1. The molecule has 0 aliphatic rings. The molecule has 10 heavy (non-hydrogen) atoms. The molecule has 0 amide bonds. The number of rotatable bonds is 3. The van der Waals surface area contributed by atoms with Gasteiger partial charge in [-0.25, -0.2) is 4.79 Å². The highest BCUT2D eigenvalue weighted by Crippen LogP contribution is 1.89. The molecular weight excluding hydrogens is 198 g/mol. The molecule has 0 rings (SSSR count). The second-order valence-electron chi connectivity index (χ2n) is 1.59. The fourth-order valence-electron chi connectivity index (χ4n) is 0.281. The summed E-state index contributed by atoms with van der Waals surface area (Å²) in [5.74, 6) is -0.468. The Morgan fingerprint density at radius 1 is 1.90 bits per heavy atom. The molecule has 0 aromatic rings. The normalized spacial score (nSPS) is 11.0. The van der Waals surface area contributed by atoms with E-state index in [1.54, 1.807) is 0 Å². The van der Waals surface area contributed by atoms with Gasteiger partial charge in [0.2, 0.25) is 0 Å². The van der Waals surface area contributed by atoms with Crippen molar-refractivity contribution in [1.82, 2.24) is 0 Å². The van der Waals surface area contributed by atoms with Crippen LogP contribution < -0.4 is 5.73 Å². The van der Waals surface area contributed by atoms with E-state index in [2.05, 4.69) is 11.3 Å². The van der Waals surface area contributed by atoms with Crippen LogP contribution in [-0.2, 0) is 9.53 Å². The Morgan fingerprint density at radius 2 is 2.40 bits per heavy atom. The van der Waals surface area contributed by atoms with E-state index in [9.17, 15) is 4.79 Å². The van der Waals surface area contributed by atoms with E-state index in [1.807, 2.05) is 6.92 Å². The van der Waals surface area contributed by atoms with Crippen LogP contribution in [0.1, 0.15) is 13.3 Å². The number of nitrogens with two attached hydrogens (primary N) is 1. The van der Waals surface area contributed by atoms with E-state index in [0.717, 1.165) is 6.08 Å². The third kappa shape index (κ3) is 5.78. The summed E-state index contributed by atoms with van der Waals surface area (Å²) in [7, 11) is 0. The summed E-state index contributed by atoms with van der Waals surface area (Å²) in [4.78, 5) is 10.4. The van der Waals surface area contributed by atoms with Crippen LogP contribution in [0.5, 0.6) is 0 Å². The number of carbonyl (C=O) groups excluding carboxylic acids is 1. The van der Waals surface area contributed by atoms with Gasteiger partial charge in [0.05, 0.1) is 0 Å². The molecule has 0 saturated carbocycles. The van der Waals surface area contributed by atoms with Gasteiger partial charge in [0, 0.05) is 6.08 Å². The standard InChI is InChI=1S/C6H11NO2.BrH/c1-3-5(7)9-6(8)4-2;/h4-5H,2-3,7H2,1H3;1H. The predicted octanol–water partition coefficient (Wildman–Crippen LogP) is 0.988. The van der Waals surface area contributed by atoms with Crippen molar-refractivity contribution in [2.75, 3.05) is 0 Å². The maximum atomic E-state index is 10.4. The molecular formula is C6H12BrNO2. The molecule has 60 valence electrons. The Hall–Kier alpha value is -0.350. The lowest BCUT2D eigenvalue weighted by Gasteiger charge is -2.07. The van der Waals surface area contributed by atoms with E-state index in [-0.39, 0.29) is 17.0 Å². The Kier molecular flexibility index (Phi) is 8.35. The van der Waals surface area contributed by atoms with Crippen LogP contribution >= 0.6 is 17.0 Å². The van der Waals surface area contributed by atoms with E-state index in [1.165, 1.54) is 0 Å². The van der Waals surface area contributed by atoms with Gasteiger partial charge in [-0.2, -0.15) is 0 Å². The minimum atomic E-state index is -0.490. The average Bonchev–Trinajstić information content (AvgIpc) is 1.87. The molecule has 1 unspecified atom stereocenters. The lowest BCUT2D eigenvalue weighted by atomic mass is 10.4. The summed E-state index contributed by atoms with van der Waals surface area (Å²) in [5.41, 5.74) is 5.26. The van der Waals surface area contributed by atoms with E-state index in [0.29, 0.717) is 6.42 Å². The molecule has 0 aromatic carbocycles. The minimum Gasteiger partial charge on any atom is -0.444 e. The smallest absolute Gasteiger partial charge is 0.331 e. The Labute approximate surface area is 71.0 Å². The molecule has 3 nitrogen and oxygen atoms in total. The molecule has 0 spiro atoms. The molecule has 0 aromatic heterocycles. The van der Waals surface area contributed by atoms with Crippen molar-refractivity contribution in [2.24, 2.45) is 5.73 Å². The third-order valence-electron chi connectivity index (χ3n) is 0.837. The lowest BCUT2D eigenvalue weighted by Crippen LogP contribution is -2.24. The van der Waals surface area contributed by atoms with Crippen molar-refractivity contribution in [1.29, 1.82) is 0 Å². The van der Waals surface area contributed by atoms with E-state index >= 15 is 0 Å². The van der Waals surface area contributed by atoms with Crippen LogP contribution in [0, 0.1) is 0 Å². The SMILES string of the molecule is Br.C=CC(=O)OC(N)CC. The van der Waals surface area contributed by atoms with Gasteiger partial charge in [-0.1, -0.05) is 13.5 Å². The van der Waals surface area contributed by atoms with Gasteiger partial charge >= 0.3 is 5.97 Å². The van der Waals surface area contributed by atoms with Crippen molar-refractivity contribution in [2.45, 2.75) is 19.6 Å². The summed E-state index contributed by atoms with van der Waals surface area (Å²) in [6.07, 6.45) is 1.23. The summed E-state index contributed by atoms with van der Waals surface area (Å²) in [5, 5.41) is 0. The number of halogens is 1. The molecule has 1 atom stereocenters. The van der Waals surface area contributed by atoms with Crippen LogP contribution in [0.15, 0.2) is 12.7 Å². The Morgan fingerprint density at radius 3 is 2.70 bits per heavy atom. The zero-order valence-corrected chi connectivity index (χ0v) is 7.58. The number of hydrogen-bond acceptors (Lipinski definition) is 3. The minimum absolute atomic E-state index is 0. The lowest BCUT2D eigenvalue weighted by molar-refractivity contribution is -0.142. The average molecular weight is 210 g/mol. The second kappa shape index (κ2) is 6.77. The largest absolute Gasteiger partial charge is 0.444 e. The van der Waals surface area contributed by atoms with Crippen LogP contribution in [0.25, 0.3) is 0 Å². The quantitative estimate of drug-likeness (QED) is 0.429. The number of esters is 1. The van der Waals surface area contributed by atoms with E-state index < -0.39 is 12.2 Å². The zero-order chi connectivity index (χ0) is 7.28. The Balaban J connectivity index is 0. The first-order chi connectivity index (χ1) is 4.20. The van der Waals surface area contributed by atoms with Gasteiger partial charge in [-0.3, -0.25) is 5.73 Å². The van der Waals surface area contributed by atoms with Gasteiger partial charge in [0.25, 0.3) is 0 Å². The third-order valence-corrected chi connectivity index (χ3v) is 0.837. The number of carbonyl (C=O) groups is 1. The Bertz CT molecular complexity index is 116. The fourth-order valence-corrected chi connectivity index (χ4v) is 0.281. The second-order valence-corrected chi connectivity index (χ2v) is 1.59. The first-order valence-electron chi connectivity index (χ1n) is 2.79. The molecule has 2 N–H and O–H groups in total. The highest BCUT2D eigenvalue weighted by Gasteiger charge is 2.01. The number of ether oxygens (including phenoxy) is 1. The van der Waals surface area contributed by atoms with Crippen molar-refractivity contribution < 1.29 is 9.53 Å². The van der Waals surface area contributed by atoms with Crippen molar-refractivity contribution in [3.8, 4) is 0 Å². The van der Waals surface area contributed by atoms with Crippen molar-refractivity contribution in [3.63, 3.8) is 0 Å². The molecule has 0 radical (unpaired) electrons. The predicted molar refractivity (Wildman–Crippen MR) is 44.9 cm³/mol. The van der Waals surface area contributed by atoms with Crippen LogP contribution in [0.3, 0.4) is 0 Å². The first-order valence-corrected chi connectivity index (χ1v) is 2.79.